The van der Waals surface area contributed by atoms with Gasteiger partial charge in [-0.3, -0.25) is 14.2 Å². The predicted octanol–water partition coefficient (Wildman–Crippen LogP) is 3.86. The van der Waals surface area contributed by atoms with Crippen molar-refractivity contribution in [3.05, 3.63) is 71.3 Å². The highest BCUT2D eigenvalue weighted by molar-refractivity contribution is 7.54. The van der Waals surface area contributed by atoms with E-state index in [1.54, 1.807) is 13.8 Å². The van der Waals surface area contributed by atoms with Crippen LogP contribution in [-0.2, 0) is 41.0 Å². The number of rotatable bonds is 19. The van der Waals surface area contributed by atoms with Crippen LogP contribution in [0, 0.1) is 6.92 Å². The van der Waals surface area contributed by atoms with Crippen LogP contribution in [0.25, 0.3) is 0 Å². The first kappa shape index (κ1) is 35.0. The lowest BCUT2D eigenvalue weighted by atomic mass is 10.0. The summed E-state index contributed by atoms with van der Waals surface area (Å²) in [5, 5.41) is 18.1. The summed E-state index contributed by atoms with van der Waals surface area (Å²) >= 11 is 0. The van der Waals surface area contributed by atoms with Crippen LogP contribution < -0.4 is 16.0 Å². The zero-order valence-corrected chi connectivity index (χ0v) is 25.6. The second-order valence-corrected chi connectivity index (χ2v) is 11.8. The fraction of sp³-hybridized carbons (Fsp3) is 0.500. The average Bonchev–Trinajstić information content (AvgIpc) is 2.96. The highest BCUT2D eigenvalue weighted by Gasteiger charge is 2.27. The maximum absolute atomic E-state index is 13.2. The van der Waals surface area contributed by atoms with Crippen LogP contribution in [0.5, 0.6) is 0 Å². The third-order valence-electron chi connectivity index (χ3n) is 6.22. The van der Waals surface area contributed by atoms with Gasteiger partial charge in [-0.25, -0.2) is 4.79 Å². The highest BCUT2D eigenvalue weighted by Crippen LogP contribution is 2.47. The Balaban J connectivity index is 1.93. The van der Waals surface area contributed by atoms with E-state index in [9.17, 15) is 24.1 Å². The van der Waals surface area contributed by atoms with Crippen molar-refractivity contribution in [1.29, 1.82) is 0 Å². The minimum absolute atomic E-state index is 0.0487. The highest BCUT2D eigenvalue weighted by atomic mass is 31.2. The minimum Gasteiger partial charge on any atom is -0.445 e. The van der Waals surface area contributed by atoms with Crippen LogP contribution in [0.1, 0.15) is 49.8 Å². The summed E-state index contributed by atoms with van der Waals surface area (Å²) in [6, 6.07) is 15.5. The molecule has 4 N–H and O–H groups in total. The zero-order chi connectivity index (χ0) is 30.8. The van der Waals surface area contributed by atoms with Gasteiger partial charge < -0.3 is 34.8 Å². The smallest absolute Gasteiger partial charge is 0.408 e. The number of nitrogens with one attached hydrogen (secondary N) is 3. The van der Waals surface area contributed by atoms with E-state index in [0.29, 0.717) is 19.3 Å². The number of aliphatic hydroxyl groups is 1. The second-order valence-electron chi connectivity index (χ2n) is 9.79. The van der Waals surface area contributed by atoms with Gasteiger partial charge in [0.15, 0.2) is 0 Å². The van der Waals surface area contributed by atoms with Crippen molar-refractivity contribution < 1.29 is 37.8 Å². The first-order valence-corrected chi connectivity index (χ1v) is 16.0. The molecular formula is C30H44N3O8P. The molecule has 0 saturated heterocycles. The molecule has 3 amide bonds. The van der Waals surface area contributed by atoms with Gasteiger partial charge in [0.2, 0.25) is 11.8 Å². The molecule has 12 heteroatoms. The lowest BCUT2D eigenvalue weighted by molar-refractivity contribution is -0.124. The lowest BCUT2D eigenvalue weighted by Gasteiger charge is -2.22. The number of carbonyl (C=O) groups excluding carboxylic acids is 3. The SMILES string of the molecule is CCOP(=O)(CC(=O)NCCCCC(NC(=O)OCc1ccccc1)C(=O)N[C@H](CO)Cc1ccc(C)cc1)OCC. The first-order valence-electron chi connectivity index (χ1n) is 14.3. The van der Waals surface area contributed by atoms with Gasteiger partial charge in [-0.05, 0) is 57.6 Å². The number of unbranched alkanes of at least 4 members (excludes halogenated alkanes) is 1. The molecule has 0 aliphatic carbocycles. The van der Waals surface area contributed by atoms with Crippen LogP contribution >= 0.6 is 7.60 Å². The Bertz CT molecular complexity index is 1140. The van der Waals surface area contributed by atoms with Crippen molar-refractivity contribution in [2.75, 3.05) is 32.5 Å². The molecule has 0 saturated carbocycles. The molecule has 42 heavy (non-hydrogen) atoms. The molecule has 2 aromatic rings. The molecule has 0 spiro atoms. The molecule has 0 heterocycles. The van der Waals surface area contributed by atoms with Crippen LogP contribution in [0.15, 0.2) is 54.6 Å². The minimum atomic E-state index is -3.50. The monoisotopic (exact) mass is 605 g/mol. The van der Waals surface area contributed by atoms with E-state index < -0.39 is 37.6 Å². The number of alkyl carbamates (subject to hydrolysis) is 1. The molecule has 2 atom stereocenters. The summed E-state index contributed by atoms with van der Waals surface area (Å²) < 4.78 is 28.2. The predicted molar refractivity (Wildman–Crippen MR) is 160 cm³/mol. The van der Waals surface area contributed by atoms with Gasteiger partial charge in [-0.2, -0.15) is 0 Å². The van der Waals surface area contributed by atoms with E-state index in [2.05, 4.69) is 16.0 Å². The molecule has 232 valence electrons. The standard InChI is InChI=1S/C30H44N3O8P/c1-4-40-42(38,41-5-2)22-28(35)31-18-10-9-13-27(33-30(37)39-21-25-11-7-6-8-12-25)29(36)32-26(20-34)19-24-16-14-23(3)15-17-24/h6-8,11-12,14-17,26-27,34H,4-5,9-10,13,18-22H2,1-3H3,(H,31,35)(H,32,36)(H,33,37)/t26-,27?/m0/s1. The number of benzene rings is 2. The van der Waals surface area contributed by atoms with Crippen LogP contribution in [0.4, 0.5) is 4.79 Å². The number of aliphatic hydroxyl groups excluding tert-OH is 1. The average molecular weight is 606 g/mol. The van der Waals surface area contributed by atoms with Crippen molar-refractivity contribution in [2.45, 2.75) is 65.1 Å². The van der Waals surface area contributed by atoms with E-state index in [1.807, 2.05) is 61.5 Å². The summed E-state index contributed by atoms with van der Waals surface area (Å²) in [6.45, 7) is 5.70. The Labute approximate surface area is 248 Å². The van der Waals surface area contributed by atoms with E-state index in [4.69, 9.17) is 13.8 Å². The van der Waals surface area contributed by atoms with Gasteiger partial charge in [-0.1, -0.05) is 60.2 Å². The molecular weight excluding hydrogens is 561 g/mol. The Kier molecular flexibility index (Phi) is 15.9. The van der Waals surface area contributed by atoms with E-state index in [0.717, 1.165) is 16.7 Å². The van der Waals surface area contributed by atoms with Gasteiger partial charge in [-0.15, -0.1) is 0 Å². The third-order valence-corrected chi connectivity index (χ3v) is 8.20. The molecule has 0 fully saturated rings. The van der Waals surface area contributed by atoms with Crippen molar-refractivity contribution in [2.24, 2.45) is 0 Å². The molecule has 2 aromatic carbocycles. The Morgan fingerprint density at radius 2 is 1.57 bits per heavy atom. The number of aryl methyl sites for hydroxylation is 1. The summed E-state index contributed by atoms with van der Waals surface area (Å²) in [5.41, 5.74) is 2.87. The van der Waals surface area contributed by atoms with Gasteiger partial charge in [0.25, 0.3) is 0 Å². The lowest BCUT2D eigenvalue weighted by Crippen LogP contribution is -2.51. The molecule has 2 rings (SSSR count). The van der Waals surface area contributed by atoms with Gasteiger partial charge >= 0.3 is 13.7 Å². The summed E-state index contributed by atoms with van der Waals surface area (Å²) in [5.74, 6) is -0.907. The van der Waals surface area contributed by atoms with E-state index in [-0.39, 0.29) is 45.6 Å². The molecule has 0 aliphatic heterocycles. The van der Waals surface area contributed by atoms with E-state index in [1.165, 1.54) is 0 Å². The van der Waals surface area contributed by atoms with Gasteiger partial charge in [0, 0.05) is 6.54 Å². The molecule has 0 radical (unpaired) electrons. The van der Waals surface area contributed by atoms with Crippen molar-refractivity contribution >= 4 is 25.5 Å². The number of hydrogen-bond acceptors (Lipinski definition) is 8. The number of ether oxygens (including phenoxy) is 1. The molecule has 1 unspecified atom stereocenters. The van der Waals surface area contributed by atoms with Gasteiger partial charge in [0.1, 0.15) is 18.8 Å². The molecule has 0 aliphatic rings. The molecule has 0 bridgehead atoms. The third kappa shape index (κ3) is 13.6. The Hall–Kier alpha value is -3.24. The summed E-state index contributed by atoms with van der Waals surface area (Å²) in [6.07, 6.45) is 0.547. The molecule has 11 nitrogen and oxygen atoms in total. The summed E-state index contributed by atoms with van der Waals surface area (Å²) in [4.78, 5) is 38.0. The largest absolute Gasteiger partial charge is 0.445 e. The Morgan fingerprint density at radius 1 is 0.905 bits per heavy atom. The fourth-order valence-corrected chi connectivity index (χ4v) is 5.61. The maximum Gasteiger partial charge on any atom is 0.408 e. The van der Waals surface area contributed by atoms with E-state index >= 15 is 0 Å². The zero-order valence-electron chi connectivity index (χ0n) is 24.7. The van der Waals surface area contributed by atoms with Crippen molar-refractivity contribution in [1.82, 2.24) is 16.0 Å². The Morgan fingerprint density at radius 3 is 2.19 bits per heavy atom. The van der Waals surface area contributed by atoms with Crippen LogP contribution in [-0.4, -0.2) is 67.6 Å². The molecule has 0 aromatic heterocycles. The van der Waals surface area contributed by atoms with Crippen LogP contribution in [0.2, 0.25) is 0 Å². The van der Waals surface area contributed by atoms with Gasteiger partial charge in [0.05, 0.1) is 25.9 Å². The number of hydrogen-bond donors (Lipinski definition) is 4. The first-order chi connectivity index (χ1) is 20.2. The van der Waals surface area contributed by atoms with Crippen LogP contribution in [0.3, 0.4) is 0 Å². The normalized spacial score (nSPS) is 12.7. The summed E-state index contributed by atoms with van der Waals surface area (Å²) in [7, 11) is -3.50. The fourth-order valence-electron chi connectivity index (χ4n) is 4.10. The topological polar surface area (TPSA) is 152 Å². The van der Waals surface area contributed by atoms with Crippen molar-refractivity contribution in [3.8, 4) is 0 Å². The second kappa shape index (κ2) is 19.0. The quantitative estimate of drug-likeness (QED) is 0.139. The van der Waals surface area contributed by atoms with Crippen molar-refractivity contribution in [3.63, 3.8) is 0 Å². The maximum atomic E-state index is 13.2. The number of amides is 3. The number of carbonyl (C=O) groups is 3.